The molecule has 3 rings (SSSR count). The molecule has 0 amide bonds. The zero-order chi connectivity index (χ0) is 20.5. The summed E-state index contributed by atoms with van der Waals surface area (Å²) >= 11 is 2.29. The van der Waals surface area contributed by atoms with Crippen LogP contribution in [0.5, 0.6) is 0 Å². The van der Waals surface area contributed by atoms with Crippen LogP contribution in [0.25, 0.3) is 0 Å². The van der Waals surface area contributed by atoms with Crippen LogP contribution in [0.3, 0.4) is 0 Å². The number of hydrogen-bond donors (Lipinski definition) is 0. The molecule has 1 aromatic rings. The number of hydrogen-bond acceptors (Lipinski definition) is 6. The lowest BCUT2D eigenvalue weighted by Crippen LogP contribution is -2.59. The maximum Gasteiger partial charge on any atom is 0.311 e. The van der Waals surface area contributed by atoms with Crippen LogP contribution in [-0.2, 0) is 23.8 Å². The molecule has 2 aliphatic rings. The molecule has 4 atom stereocenters. The lowest BCUT2D eigenvalue weighted by molar-refractivity contribution is -0.155. The SMILES string of the molecule is COC(=O)[C@H]1[C@@H](c2ccc(I)cc2)C[C@@H]2CC[C@@]1(CCCOS(C)(=O)=O)N2C. The van der Waals surface area contributed by atoms with E-state index in [0.29, 0.717) is 18.9 Å². The number of methoxy groups -OCH3 is 1. The van der Waals surface area contributed by atoms with E-state index in [1.807, 2.05) is 0 Å². The summed E-state index contributed by atoms with van der Waals surface area (Å²) in [5.41, 5.74) is 0.845. The molecule has 0 spiro atoms. The number of carbonyl (C=O) groups excluding carboxylic acids is 1. The van der Waals surface area contributed by atoms with Crippen LogP contribution in [0.2, 0.25) is 0 Å². The normalized spacial score (nSPS) is 30.4. The van der Waals surface area contributed by atoms with Crippen LogP contribution in [0.15, 0.2) is 24.3 Å². The monoisotopic (exact) mass is 521 g/mol. The van der Waals surface area contributed by atoms with Crippen molar-refractivity contribution in [2.45, 2.75) is 49.6 Å². The van der Waals surface area contributed by atoms with E-state index in [0.717, 1.165) is 25.5 Å². The van der Waals surface area contributed by atoms with E-state index in [9.17, 15) is 13.2 Å². The van der Waals surface area contributed by atoms with Gasteiger partial charge in [0, 0.05) is 21.1 Å². The number of benzene rings is 1. The highest BCUT2D eigenvalue weighted by atomic mass is 127. The highest BCUT2D eigenvalue weighted by molar-refractivity contribution is 14.1. The number of piperidine rings is 1. The number of rotatable bonds is 7. The average molecular weight is 521 g/mol. The molecule has 156 valence electrons. The minimum atomic E-state index is -3.46. The summed E-state index contributed by atoms with van der Waals surface area (Å²) in [6, 6.07) is 8.82. The van der Waals surface area contributed by atoms with Crippen LogP contribution < -0.4 is 0 Å². The Bertz CT molecular complexity index is 812. The van der Waals surface area contributed by atoms with E-state index in [1.165, 1.54) is 16.2 Å². The van der Waals surface area contributed by atoms with Crippen molar-refractivity contribution in [3.05, 3.63) is 33.4 Å². The maximum atomic E-state index is 13.0. The second-order valence-electron chi connectivity index (χ2n) is 7.93. The Kier molecular flexibility index (Phi) is 6.73. The topological polar surface area (TPSA) is 72.9 Å². The minimum Gasteiger partial charge on any atom is -0.469 e. The van der Waals surface area contributed by atoms with Crippen LogP contribution >= 0.6 is 22.6 Å². The van der Waals surface area contributed by atoms with Crippen molar-refractivity contribution < 1.29 is 22.1 Å². The summed E-state index contributed by atoms with van der Waals surface area (Å²) < 4.78 is 33.9. The van der Waals surface area contributed by atoms with Crippen molar-refractivity contribution in [1.29, 1.82) is 0 Å². The fraction of sp³-hybridized carbons (Fsp3) is 0.650. The van der Waals surface area contributed by atoms with Crippen molar-refractivity contribution in [3.63, 3.8) is 0 Å². The van der Waals surface area contributed by atoms with Gasteiger partial charge in [-0.25, -0.2) is 0 Å². The Balaban J connectivity index is 1.90. The lowest BCUT2D eigenvalue weighted by Gasteiger charge is -2.51. The Morgan fingerprint density at radius 1 is 1.32 bits per heavy atom. The van der Waals surface area contributed by atoms with E-state index in [2.05, 4.69) is 58.8 Å². The Labute approximate surface area is 181 Å². The number of ether oxygens (including phenoxy) is 1. The second-order valence-corrected chi connectivity index (χ2v) is 10.8. The van der Waals surface area contributed by atoms with Crippen LogP contribution in [-0.4, -0.2) is 57.9 Å². The molecule has 0 unspecified atom stereocenters. The molecule has 2 aliphatic heterocycles. The zero-order valence-electron chi connectivity index (χ0n) is 16.6. The van der Waals surface area contributed by atoms with Gasteiger partial charge in [0.25, 0.3) is 10.1 Å². The van der Waals surface area contributed by atoms with Crippen molar-refractivity contribution in [1.82, 2.24) is 4.90 Å². The fourth-order valence-electron chi connectivity index (χ4n) is 5.20. The minimum absolute atomic E-state index is 0.101. The quantitative estimate of drug-likeness (QED) is 0.238. The fourth-order valence-corrected chi connectivity index (χ4v) is 5.98. The van der Waals surface area contributed by atoms with Crippen LogP contribution in [0, 0.1) is 9.49 Å². The van der Waals surface area contributed by atoms with E-state index in [-0.39, 0.29) is 30.0 Å². The van der Waals surface area contributed by atoms with Gasteiger partial charge < -0.3 is 4.74 Å². The van der Waals surface area contributed by atoms with Gasteiger partial charge >= 0.3 is 5.97 Å². The van der Waals surface area contributed by atoms with Gasteiger partial charge in [-0.3, -0.25) is 13.9 Å². The Morgan fingerprint density at radius 2 is 2.00 bits per heavy atom. The van der Waals surface area contributed by atoms with Gasteiger partial charge in [0.1, 0.15) is 0 Å². The molecule has 28 heavy (non-hydrogen) atoms. The van der Waals surface area contributed by atoms with Gasteiger partial charge in [0.15, 0.2) is 0 Å². The summed E-state index contributed by atoms with van der Waals surface area (Å²) in [7, 11) is 0.0906. The van der Waals surface area contributed by atoms with E-state index >= 15 is 0 Å². The highest BCUT2D eigenvalue weighted by Gasteiger charge is 2.59. The lowest BCUT2D eigenvalue weighted by atomic mass is 9.67. The van der Waals surface area contributed by atoms with Gasteiger partial charge in [-0.1, -0.05) is 12.1 Å². The third-order valence-electron chi connectivity index (χ3n) is 6.47. The molecule has 0 aromatic heterocycles. The van der Waals surface area contributed by atoms with Crippen LogP contribution in [0.1, 0.15) is 43.6 Å². The predicted octanol–water partition coefficient (Wildman–Crippen LogP) is 3.16. The van der Waals surface area contributed by atoms with Crippen molar-refractivity contribution >= 4 is 38.7 Å². The van der Waals surface area contributed by atoms with Crippen LogP contribution in [0.4, 0.5) is 0 Å². The second kappa shape index (κ2) is 8.57. The molecule has 2 heterocycles. The summed E-state index contributed by atoms with van der Waals surface area (Å²) in [5.74, 6) is -0.358. The first-order valence-corrected chi connectivity index (χ1v) is 12.5. The third kappa shape index (κ3) is 4.39. The number of nitrogens with zero attached hydrogens (tertiary/aromatic N) is 1. The number of carbonyl (C=O) groups is 1. The summed E-state index contributed by atoms with van der Waals surface area (Å²) in [6.45, 7) is 0.140. The summed E-state index contributed by atoms with van der Waals surface area (Å²) in [4.78, 5) is 15.3. The van der Waals surface area contributed by atoms with Gasteiger partial charge in [-0.2, -0.15) is 8.42 Å². The molecule has 0 N–H and O–H groups in total. The van der Waals surface area contributed by atoms with Gasteiger partial charge in [0.2, 0.25) is 0 Å². The molecule has 0 saturated carbocycles. The average Bonchev–Trinajstić information content (AvgIpc) is 2.84. The number of esters is 1. The maximum absolute atomic E-state index is 13.0. The number of fused-ring (bicyclic) bond motifs is 2. The summed E-state index contributed by atoms with van der Waals surface area (Å²) in [5, 5.41) is 0. The first-order valence-electron chi connectivity index (χ1n) is 9.58. The van der Waals surface area contributed by atoms with E-state index < -0.39 is 10.1 Å². The molecule has 2 bridgehead atoms. The molecule has 1 aromatic carbocycles. The molecular weight excluding hydrogens is 493 g/mol. The molecule has 8 heteroatoms. The molecule has 0 radical (unpaired) electrons. The third-order valence-corrected chi connectivity index (χ3v) is 7.79. The van der Waals surface area contributed by atoms with Crippen molar-refractivity contribution in [2.24, 2.45) is 5.92 Å². The molecule has 0 aliphatic carbocycles. The first kappa shape index (κ1) is 22.0. The van der Waals surface area contributed by atoms with E-state index in [4.69, 9.17) is 8.92 Å². The van der Waals surface area contributed by atoms with E-state index in [1.54, 1.807) is 0 Å². The molecule has 2 saturated heterocycles. The predicted molar refractivity (Wildman–Crippen MR) is 116 cm³/mol. The number of halogens is 1. The zero-order valence-corrected chi connectivity index (χ0v) is 19.5. The van der Waals surface area contributed by atoms with Gasteiger partial charge in [-0.15, -0.1) is 0 Å². The first-order chi connectivity index (χ1) is 13.2. The molecule has 2 fully saturated rings. The van der Waals surface area contributed by atoms with Crippen molar-refractivity contribution in [2.75, 3.05) is 27.0 Å². The largest absolute Gasteiger partial charge is 0.469 e. The standard InChI is InChI=1S/C20H28INO5S/c1-22-16-9-11-20(22,10-4-12-27-28(3,24)25)18(19(23)26-2)17(13-16)14-5-7-15(21)8-6-14/h5-8,16-18H,4,9-13H2,1-3H3/t16-,17+,18+,20+/m0/s1. The van der Waals surface area contributed by atoms with Gasteiger partial charge in [0.05, 0.1) is 25.9 Å². The Hall–Kier alpha value is -0.710. The highest BCUT2D eigenvalue weighted by Crippen LogP contribution is 2.55. The Morgan fingerprint density at radius 3 is 2.61 bits per heavy atom. The van der Waals surface area contributed by atoms with Gasteiger partial charge in [-0.05, 0) is 79.4 Å². The smallest absolute Gasteiger partial charge is 0.311 e. The van der Waals surface area contributed by atoms with Crippen molar-refractivity contribution in [3.8, 4) is 0 Å². The molecule has 6 nitrogen and oxygen atoms in total. The summed E-state index contributed by atoms with van der Waals surface area (Å²) in [6.07, 6.45) is 5.23. The molecular formula is C20H28INO5S.